The van der Waals surface area contributed by atoms with Gasteiger partial charge in [0.2, 0.25) is 5.89 Å². The van der Waals surface area contributed by atoms with Crippen LogP contribution < -0.4 is 9.80 Å². The standard InChI is InChI=1S/C53H35N3OS/c1-5-16-36(17-6-1)37-28-31-42(32-29-37)55(40-20-9-3-10-21-40)43-34-39-30-33-46-51(57-53(54-46)38-18-7-2-8-19-38)50(39)48(35-43)56(41-22-11-4-12-23-41)47-26-15-25-45-44-24-13-14-27-49(44)58-52(45)47/h1-35H. The number of aromatic nitrogens is 1. The summed E-state index contributed by atoms with van der Waals surface area (Å²) in [7, 11) is 0. The van der Waals surface area contributed by atoms with E-state index in [4.69, 9.17) is 9.40 Å². The molecule has 4 nitrogen and oxygen atoms in total. The minimum Gasteiger partial charge on any atom is -0.435 e. The largest absolute Gasteiger partial charge is 0.435 e. The summed E-state index contributed by atoms with van der Waals surface area (Å²) < 4.78 is 9.32. The Balaban J connectivity index is 1.21. The summed E-state index contributed by atoms with van der Waals surface area (Å²) in [5, 5.41) is 4.53. The molecule has 11 rings (SSSR count). The van der Waals surface area contributed by atoms with Crippen molar-refractivity contribution < 1.29 is 4.42 Å². The Morgan fingerprint density at radius 1 is 0.414 bits per heavy atom. The number of rotatable bonds is 8. The van der Waals surface area contributed by atoms with Crippen molar-refractivity contribution in [2.45, 2.75) is 0 Å². The van der Waals surface area contributed by atoms with Gasteiger partial charge in [-0.05, 0) is 95.4 Å². The van der Waals surface area contributed by atoms with Crippen molar-refractivity contribution >= 4 is 87.5 Å². The molecule has 2 aromatic heterocycles. The Hall–Kier alpha value is -7.47. The molecule has 5 heteroatoms. The zero-order valence-corrected chi connectivity index (χ0v) is 32.2. The molecule has 0 aliphatic carbocycles. The maximum absolute atomic E-state index is 6.84. The van der Waals surface area contributed by atoms with E-state index in [2.05, 4.69) is 192 Å². The average Bonchev–Trinajstić information content (AvgIpc) is 3.91. The average molecular weight is 762 g/mol. The van der Waals surface area contributed by atoms with E-state index in [1.807, 2.05) is 41.7 Å². The van der Waals surface area contributed by atoms with E-state index in [0.29, 0.717) is 5.89 Å². The number of nitrogens with zero attached hydrogens (tertiary/aromatic N) is 3. The van der Waals surface area contributed by atoms with Crippen LogP contribution in [0.3, 0.4) is 0 Å². The fourth-order valence-electron chi connectivity index (χ4n) is 8.17. The van der Waals surface area contributed by atoms with E-state index in [-0.39, 0.29) is 0 Å². The van der Waals surface area contributed by atoms with E-state index in [1.165, 1.54) is 31.3 Å². The molecule has 0 saturated carbocycles. The Labute approximate surface area is 340 Å². The monoisotopic (exact) mass is 761 g/mol. The number of hydrogen-bond donors (Lipinski definition) is 0. The predicted molar refractivity (Wildman–Crippen MR) is 245 cm³/mol. The highest BCUT2D eigenvalue weighted by molar-refractivity contribution is 7.26. The van der Waals surface area contributed by atoms with Gasteiger partial charge in [0, 0.05) is 43.8 Å². The van der Waals surface area contributed by atoms with Crippen LogP contribution in [-0.4, -0.2) is 4.98 Å². The van der Waals surface area contributed by atoms with Gasteiger partial charge < -0.3 is 14.2 Å². The van der Waals surface area contributed by atoms with E-state index in [9.17, 15) is 0 Å². The Bertz CT molecular complexity index is 3210. The number of benzene rings is 9. The highest BCUT2D eigenvalue weighted by atomic mass is 32.1. The molecule has 0 fully saturated rings. The maximum Gasteiger partial charge on any atom is 0.227 e. The SMILES string of the molecule is c1ccc(-c2ccc(N(c3ccccc3)c3cc(N(c4ccccc4)c4cccc5c4sc4ccccc45)c4c(ccc5nc(-c6ccccc6)oc54)c3)cc2)cc1. The van der Waals surface area contributed by atoms with Gasteiger partial charge in [0.1, 0.15) is 5.52 Å². The van der Waals surface area contributed by atoms with Crippen LogP contribution in [0.5, 0.6) is 0 Å². The van der Waals surface area contributed by atoms with Crippen LogP contribution in [-0.2, 0) is 0 Å². The molecule has 0 amide bonds. The van der Waals surface area contributed by atoms with Crippen molar-refractivity contribution in [3.8, 4) is 22.6 Å². The molecular formula is C53H35N3OS. The number of anilines is 6. The van der Waals surface area contributed by atoms with Crippen LogP contribution >= 0.6 is 11.3 Å². The van der Waals surface area contributed by atoms with Gasteiger partial charge in [0.25, 0.3) is 0 Å². The van der Waals surface area contributed by atoms with Crippen molar-refractivity contribution in [1.29, 1.82) is 0 Å². The lowest BCUT2D eigenvalue weighted by Crippen LogP contribution is -2.14. The number of para-hydroxylation sites is 2. The quantitative estimate of drug-likeness (QED) is 0.154. The first-order valence-corrected chi connectivity index (χ1v) is 20.3. The van der Waals surface area contributed by atoms with Gasteiger partial charge in [0.05, 0.1) is 21.5 Å². The highest BCUT2D eigenvalue weighted by Crippen LogP contribution is 2.50. The van der Waals surface area contributed by atoms with Crippen molar-refractivity contribution in [2.24, 2.45) is 0 Å². The van der Waals surface area contributed by atoms with Gasteiger partial charge in [-0.3, -0.25) is 0 Å². The minimum absolute atomic E-state index is 0.598. The molecule has 2 heterocycles. The Kier molecular flexibility index (Phi) is 8.30. The van der Waals surface area contributed by atoms with Crippen LogP contribution in [0.25, 0.3) is 64.6 Å². The fraction of sp³-hybridized carbons (Fsp3) is 0. The lowest BCUT2D eigenvalue weighted by Gasteiger charge is -2.31. The topological polar surface area (TPSA) is 32.5 Å². The van der Waals surface area contributed by atoms with Crippen molar-refractivity contribution in [3.05, 3.63) is 212 Å². The number of thiophene rings is 1. The molecule has 0 saturated heterocycles. The number of fused-ring (bicyclic) bond motifs is 6. The summed E-state index contributed by atoms with van der Waals surface area (Å²) in [6.45, 7) is 0. The summed E-state index contributed by atoms with van der Waals surface area (Å²) in [5.41, 5.74) is 11.1. The van der Waals surface area contributed by atoms with Gasteiger partial charge in [0.15, 0.2) is 5.58 Å². The van der Waals surface area contributed by atoms with E-state index >= 15 is 0 Å². The summed E-state index contributed by atoms with van der Waals surface area (Å²) in [4.78, 5) is 9.81. The molecular weight excluding hydrogens is 727 g/mol. The van der Waals surface area contributed by atoms with Crippen LogP contribution in [0.2, 0.25) is 0 Å². The smallest absolute Gasteiger partial charge is 0.227 e. The zero-order valence-electron chi connectivity index (χ0n) is 31.4. The van der Waals surface area contributed by atoms with Gasteiger partial charge in [-0.15, -0.1) is 11.3 Å². The molecule has 274 valence electrons. The summed E-state index contributed by atoms with van der Waals surface area (Å²) in [6.07, 6.45) is 0. The third-order valence-corrected chi connectivity index (χ3v) is 12.0. The lowest BCUT2D eigenvalue weighted by molar-refractivity contribution is 0.623. The van der Waals surface area contributed by atoms with Crippen LogP contribution in [0.4, 0.5) is 34.1 Å². The summed E-state index contributed by atoms with van der Waals surface area (Å²) in [6, 6.07) is 75.1. The number of hydrogen-bond acceptors (Lipinski definition) is 5. The number of oxazole rings is 1. The predicted octanol–water partition coefficient (Wildman–Crippen LogP) is 15.6. The second-order valence-electron chi connectivity index (χ2n) is 14.4. The van der Waals surface area contributed by atoms with Crippen molar-refractivity contribution in [3.63, 3.8) is 0 Å². The first kappa shape index (κ1) is 33.8. The van der Waals surface area contributed by atoms with Crippen LogP contribution in [0.1, 0.15) is 0 Å². The molecule has 58 heavy (non-hydrogen) atoms. The first-order valence-electron chi connectivity index (χ1n) is 19.5. The van der Waals surface area contributed by atoms with E-state index in [1.54, 1.807) is 0 Å². The second-order valence-corrected chi connectivity index (χ2v) is 15.4. The first-order chi connectivity index (χ1) is 28.8. The van der Waals surface area contributed by atoms with Gasteiger partial charge in [-0.2, -0.15) is 0 Å². The normalized spacial score (nSPS) is 11.4. The maximum atomic E-state index is 6.84. The molecule has 0 bridgehead atoms. The minimum atomic E-state index is 0.598. The van der Waals surface area contributed by atoms with E-state index < -0.39 is 0 Å². The molecule has 0 unspecified atom stereocenters. The second kappa shape index (κ2) is 14.2. The van der Waals surface area contributed by atoms with E-state index in [0.717, 1.165) is 61.6 Å². The molecule has 0 aliphatic rings. The third kappa shape index (κ3) is 5.88. The molecule has 0 aliphatic heterocycles. The Morgan fingerprint density at radius 2 is 1.00 bits per heavy atom. The fourth-order valence-corrected chi connectivity index (χ4v) is 9.37. The summed E-state index contributed by atoms with van der Waals surface area (Å²) in [5.74, 6) is 0.598. The van der Waals surface area contributed by atoms with Gasteiger partial charge in [-0.25, -0.2) is 4.98 Å². The molecule has 11 aromatic rings. The van der Waals surface area contributed by atoms with Gasteiger partial charge >= 0.3 is 0 Å². The molecule has 9 aromatic carbocycles. The van der Waals surface area contributed by atoms with Crippen LogP contribution in [0, 0.1) is 0 Å². The molecule has 0 radical (unpaired) electrons. The third-order valence-electron chi connectivity index (χ3n) is 10.8. The molecule has 0 spiro atoms. The lowest BCUT2D eigenvalue weighted by atomic mass is 10.0. The molecule has 0 atom stereocenters. The Morgan fingerprint density at radius 3 is 1.72 bits per heavy atom. The zero-order chi connectivity index (χ0) is 38.4. The van der Waals surface area contributed by atoms with Crippen LogP contribution in [0.15, 0.2) is 217 Å². The van der Waals surface area contributed by atoms with Crippen molar-refractivity contribution in [1.82, 2.24) is 4.98 Å². The highest BCUT2D eigenvalue weighted by Gasteiger charge is 2.25. The molecule has 0 N–H and O–H groups in total. The summed E-state index contributed by atoms with van der Waals surface area (Å²) >= 11 is 1.83. The van der Waals surface area contributed by atoms with Gasteiger partial charge in [-0.1, -0.05) is 133 Å². The van der Waals surface area contributed by atoms with Crippen molar-refractivity contribution in [2.75, 3.05) is 9.80 Å².